The van der Waals surface area contributed by atoms with E-state index in [1.165, 1.54) is 36.2 Å². The first kappa shape index (κ1) is 29.0. The fourth-order valence-corrected chi connectivity index (χ4v) is 5.71. The van der Waals surface area contributed by atoms with Crippen LogP contribution in [0.4, 0.5) is 5.69 Å². The molecule has 3 aromatic carbocycles. The Kier molecular flexibility index (Phi) is 9.77. The summed E-state index contributed by atoms with van der Waals surface area (Å²) in [5, 5.41) is 3.01. The van der Waals surface area contributed by atoms with Gasteiger partial charge in [-0.15, -0.1) is 0 Å². The van der Waals surface area contributed by atoms with Crippen LogP contribution in [0, 0.1) is 6.92 Å². The molecule has 8 nitrogen and oxygen atoms in total. The second kappa shape index (κ2) is 12.8. The van der Waals surface area contributed by atoms with Crippen LogP contribution in [-0.4, -0.2) is 51.9 Å². The van der Waals surface area contributed by atoms with Gasteiger partial charge in [-0.2, -0.15) is 0 Å². The second-order valence-corrected chi connectivity index (χ2v) is 11.0. The van der Waals surface area contributed by atoms with E-state index in [4.69, 9.17) is 16.3 Å². The van der Waals surface area contributed by atoms with Crippen molar-refractivity contribution in [1.82, 2.24) is 10.2 Å². The smallest absolute Gasteiger partial charge is 0.264 e. The van der Waals surface area contributed by atoms with Crippen LogP contribution in [0.5, 0.6) is 5.75 Å². The van der Waals surface area contributed by atoms with Crippen LogP contribution < -0.4 is 14.4 Å². The van der Waals surface area contributed by atoms with Crippen molar-refractivity contribution in [2.75, 3.05) is 25.0 Å². The summed E-state index contributed by atoms with van der Waals surface area (Å²) >= 11 is 5.98. The van der Waals surface area contributed by atoms with Crippen molar-refractivity contribution in [1.29, 1.82) is 0 Å². The number of carbonyl (C=O) groups excluding carboxylic acids is 2. The molecule has 0 unspecified atom stereocenters. The van der Waals surface area contributed by atoms with E-state index in [1.54, 1.807) is 69.5 Å². The molecule has 0 aromatic heterocycles. The summed E-state index contributed by atoms with van der Waals surface area (Å²) in [6, 6.07) is 19.1. The fraction of sp³-hybridized carbons (Fsp3) is 0.286. The number of sulfonamides is 1. The first-order valence-corrected chi connectivity index (χ1v) is 13.9. The third kappa shape index (κ3) is 6.65. The molecule has 0 fully saturated rings. The van der Waals surface area contributed by atoms with Gasteiger partial charge in [0.25, 0.3) is 10.0 Å². The fourth-order valence-electron chi connectivity index (χ4n) is 4.10. The molecule has 3 aromatic rings. The number of carbonyl (C=O) groups is 2. The number of likely N-dealkylation sites (N-methyl/N-ethyl adjacent to an activating group) is 1. The highest BCUT2D eigenvalue weighted by atomic mass is 35.5. The standard InChI is InChI=1S/C28H32ClN3O5S/c1-5-25(28(34)30-3)31(18-21-10-14-23(37-4)15-11-21)27(33)19-32(26-9-7-6-8-20(26)2)38(35,36)24-16-12-22(29)13-17-24/h6-17,25H,5,18-19H2,1-4H3,(H,30,34)/t25-/m1/s1. The number of nitrogens with one attached hydrogen (secondary N) is 1. The highest BCUT2D eigenvalue weighted by Gasteiger charge is 2.33. The Morgan fingerprint density at radius 1 is 1.00 bits per heavy atom. The van der Waals surface area contributed by atoms with Crippen LogP contribution in [0.25, 0.3) is 0 Å². The first-order valence-electron chi connectivity index (χ1n) is 12.1. The topological polar surface area (TPSA) is 96.0 Å². The normalized spacial score (nSPS) is 11.9. The molecule has 1 atom stereocenters. The Morgan fingerprint density at radius 3 is 2.18 bits per heavy atom. The highest BCUT2D eigenvalue weighted by Crippen LogP contribution is 2.28. The van der Waals surface area contributed by atoms with Crippen molar-refractivity contribution >= 4 is 39.1 Å². The van der Waals surface area contributed by atoms with E-state index in [1.807, 2.05) is 0 Å². The summed E-state index contributed by atoms with van der Waals surface area (Å²) in [6.07, 6.45) is 0.343. The number of amides is 2. The zero-order valence-corrected chi connectivity index (χ0v) is 23.4. The molecule has 10 heteroatoms. The van der Waals surface area contributed by atoms with Gasteiger partial charge in [-0.05, 0) is 66.9 Å². The molecule has 0 saturated carbocycles. The number of hydrogen-bond acceptors (Lipinski definition) is 5. The number of para-hydroxylation sites is 1. The van der Waals surface area contributed by atoms with Gasteiger partial charge in [0.2, 0.25) is 11.8 Å². The molecule has 0 aliphatic rings. The molecule has 38 heavy (non-hydrogen) atoms. The van der Waals surface area contributed by atoms with Gasteiger partial charge in [0.05, 0.1) is 17.7 Å². The number of methoxy groups -OCH3 is 1. The lowest BCUT2D eigenvalue weighted by molar-refractivity contribution is -0.140. The zero-order chi connectivity index (χ0) is 27.9. The SMILES string of the molecule is CC[C@H](C(=O)NC)N(Cc1ccc(OC)cc1)C(=O)CN(c1ccccc1C)S(=O)(=O)c1ccc(Cl)cc1. The molecule has 0 radical (unpaired) electrons. The molecule has 0 spiro atoms. The molecule has 3 rings (SSSR count). The molecule has 0 aliphatic carbocycles. The van der Waals surface area contributed by atoms with Crippen LogP contribution in [0.15, 0.2) is 77.7 Å². The first-order chi connectivity index (χ1) is 18.1. The number of halogens is 1. The minimum absolute atomic E-state index is 0.00185. The van der Waals surface area contributed by atoms with Crippen molar-refractivity contribution in [3.05, 3.63) is 88.9 Å². The average Bonchev–Trinajstić information content (AvgIpc) is 2.92. The van der Waals surface area contributed by atoms with E-state index >= 15 is 0 Å². The maximum atomic E-state index is 13.9. The van der Waals surface area contributed by atoms with Gasteiger partial charge < -0.3 is 15.0 Å². The predicted octanol–water partition coefficient (Wildman–Crippen LogP) is 4.41. The third-order valence-electron chi connectivity index (χ3n) is 6.21. The number of ether oxygens (including phenoxy) is 1. The molecule has 0 aliphatic heterocycles. The maximum absolute atomic E-state index is 13.9. The quantitative estimate of drug-likeness (QED) is 0.377. The van der Waals surface area contributed by atoms with Crippen molar-refractivity contribution in [3.8, 4) is 5.75 Å². The molecular weight excluding hydrogens is 526 g/mol. The number of nitrogens with zero attached hydrogens (tertiary/aromatic N) is 2. The van der Waals surface area contributed by atoms with E-state index < -0.39 is 28.5 Å². The van der Waals surface area contributed by atoms with E-state index in [0.717, 1.165) is 9.87 Å². The average molecular weight is 558 g/mol. The minimum atomic E-state index is -4.15. The Bertz CT molecular complexity index is 1360. The Labute approximate surface area is 229 Å². The lowest BCUT2D eigenvalue weighted by Crippen LogP contribution is -2.51. The van der Waals surface area contributed by atoms with Gasteiger partial charge in [0, 0.05) is 18.6 Å². The molecule has 2 amide bonds. The largest absolute Gasteiger partial charge is 0.497 e. The van der Waals surface area contributed by atoms with Crippen LogP contribution in [0.2, 0.25) is 5.02 Å². The molecule has 0 saturated heterocycles. The monoisotopic (exact) mass is 557 g/mol. The highest BCUT2D eigenvalue weighted by molar-refractivity contribution is 7.92. The summed E-state index contributed by atoms with van der Waals surface area (Å²) in [6.45, 7) is 3.19. The Balaban J connectivity index is 2.06. The minimum Gasteiger partial charge on any atom is -0.497 e. The van der Waals surface area contributed by atoms with Crippen LogP contribution in [0.3, 0.4) is 0 Å². The zero-order valence-electron chi connectivity index (χ0n) is 21.8. The van der Waals surface area contributed by atoms with Crippen LogP contribution in [-0.2, 0) is 26.2 Å². The summed E-state index contributed by atoms with van der Waals surface area (Å²) in [4.78, 5) is 28.1. The van der Waals surface area contributed by atoms with Gasteiger partial charge in [0.15, 0.2) is 0 Å². The third-order valence-corrected chi connectivity index (χ3v) is 8.23. The van der Waals surface area contributed by atoms with Gasteiger partial charge in [-0.3, -0.25) is 13.9 Å². The lowest BCUT2D eigenvalue weighted by atomic mass is 10.1. The van der Waals surface area contributed by atoms with E-state index in [0.29, 0.717) is 28.4 Å². The van der Waals surface area contributed by atoms with Gasteiger partial charge in [-0.1, -0.05) is 48.9 Å². The van der Waals surface area contributed by atoms with Crippen molar-refractivity contribution in [2.24, 2.45) is 0 Å². The van der Waals surface area contributed by atoms with Crippen molar-refractivity contribution < 1.29 is 22.7 Å². The molecular formula is C28H32ClN3O5S. The molecule has 202 valence electrons. The summed E-state index contributed by atoms with van der Waals surface area (Å²) in [5.41, 5.74) is 1.82. The van der Waals surface area contributed by atoms with Gasteiger partial charge in [-0.25, -0.2) is 8.42 Å². The summed E-state index contributed by atoms with van der Waals surface area (Å²) in [5.74, 6) is -0.195. The Hall–Kier alpha value is -3.56. The van der Waals surface area contributed by atoms with E-state index in [9.17, 15) is 18.0 Å². The Morgan fingerprint density at radius 2 is 1.63 bits per heavy atom. The number of benzene rings is 3. The van der Waals surface area contributed by atoms with Crippen LogP contribution in [0.1, 0.15) is 24.5 Å². The molecule has 1 N–H and O–H groups in total. The van der Waals surface area contributed by atoms with E-state index in [-0.39, 0.29) is 17.3 Å². The molecule has 0 heterocycles. The van der Waals surface area contributed by atoms with E-state index in [2.05, 4.69) is 5.32 Å². The van der Waals surface area contributed by atoms with Gasteiger partial charge in [0.1, 0.15) is 18.3 Å². The van der Waals surface area contributed by atoms with Gasteiger partial charge >= 0.3 is 0 Å². The van der Waals surface area contributed by atoms with Crippen LogP contribution >= 0.6 is 11.6 Å². The lowest BCUT2D eigenvalue weighted by Gasteiger charge is -2.33. The van der Waals surface area contributed by atoms with Crippen molar-refractivity contribution in [2.45, 2.75) is 37.8 Å². The predicted molar refractivity (Wildman–Crippen MR) is 149 cm³/mol. The second-order valence-electron chi connectivity index (χ2n) is 8.66. The number of aryl methyl sites for hydroxylation is 1. The summed E-state index contributed by atoms with van der Waals surface area (Å²) in [7, 11) is -1.09. The summed E-state index contributed by atoms with van der Waals surface area (Å²) < 4.78 is 34.0. The number of hydrogen-bond donors (Lipinski definition) is 1. The maximum Gasteiger partial charge on any atom is 0.264 e. The number of anilines is 1. The van der Waals surface area contributed by atoms with Crippen molar-refractivity contribution in [3.63, 3.8) is 0 Å². The number of rotatable bonds is 11. The molecule has 0 bridgehead atoms.